The van der Waals surface area contributed by atoms with Gasteiger partial charge in [0.2, 0.25) is 0 Å². The van der Waals surface area contributed by atoms with E-state index >= 15 is 0 Å². The fraction of sp³-hybridized carbons (Fsp3) is 0.538. The van der Waals surface area contributed by atoms with Crippen molar-refractivity contribution in [3.63, 3.8) is 0 Å². The van der Waals surface area contributed by atoms with Crippen molar-refractivity contribution >= 4 is 11.3 Å². The summed E-state index contributed by atoms with van der Waals surface area (Å²) < 4.78 is 11.9. The molecule has 1 aliphatic rings. The molecule has 0 aromatic carbocycles. The van der Waals surface area contributed by atoms with Gasteiger partial charge >= 0.3 is 5.76 Å². The van der Waals surface area contributed by atoms with Gasteiger partial charge in [-0.3, -0.25) is 4.90 Å². The van der Waals surface area contributed by atoms with Gasteiger partial charge in [0.25, 0.3) is 5.89 Å². The first-order chi connectivity index (χ1) is 9.76. The van der Waals surface area contributed by atoms with Crippen molar-refractivity contribution in [1.82, 2.24) is 14.7 Å². The lowest BCUT2D eigenvalue weighted by atomic mass is 10.1. The fourth-order valence-corrected chi connectivity index (χ4v) is 3.02. The molecular formula is C13H17N3O3S. The number of rotatable bonds is 4. The van der Waals surface area contributed by atoms with Gasteiger partial charge in [-0.2, -0.15) is 4.68 Å². The maximum absolute atomic E-state index is 11.8. The van der Waals surface area contributed by atoms with Crippen molar-refractivity contribution in [1.29, 1.82) is 0 Å². The predicted molar refractivity (Wildman–Crippen MR) is 75.7 cm³/mol. The van der Waals surface area contributed by atoms with Crippen molar-refractivity contribution in [3.05, 3.63) is 28.1 Å². The first-order valence-corrected chi connectivity index (χ1v) is 7.51. The Morgan fingerprint density at radius 1 is 1.50 bits per heavy atom. The molecule has 6 nitrogen and oxygen atoms in total. The number of methoxy groups -OCH3 is 1. The average molecular weight is 295 g/mol. The third-order valence-electron chi connectivity index (χ3n) is 3.54. The molecule has 3 rings (SSSR count). The van der Waals surface area contributed by atoms with Crippen molar-refractivity contribution in [2.45, 2.75) is 25.6 Å². The van der Waals surface area contributed by atoms with E-state index in [1.54, 1.807) is 7.11 Å². The van der Waals surface area contributed by atoms with Crippen LogP contribution in [0.15, 0.2) is 26.7 Å². The Hall–Kier alpha value is -1.44. The molecule has 2 aromatic rings. The summed E-state index contributed by atoms with van der Waals surface area (Å²) in [6.45, 7) is 2.29. The molecule has 7 heteroatoms. The van der Waals surface area contributed by atoms with E-state index < -0.39 is 5.76 Å². The number of hydrogen-bond donors (Lipinski definition) is 0. The molecule has 0 atom stereocenters. The first kappa shape index (κ1) is 13.5. The molecule has 0 aliphatic carbocycles. The van der Waals surface area contributed by atoms with Crippen LogP contribution in [-0.2, 0) is 11.4 Å². The average Bonchev–Trinajstić information content (AvgIpc) is 3.10. The zero-order valence-electron chi connectivity index (χ0n) is 11.3. The lowest BCUT2D eigenvalue weighted by Gasteiger charge is -2.30. The monoisotopic (exact) mass is 295 g/mol. The van der Waals surface area contributed by atoms with Gasteiger partial charge in [-0.25, -0.2) is 4.79 Å². The number of nitrogens with zero attached hydrogens (tertiary/aromatic N) is 3. The second kappa shape index (κ2) is 5.90. The summed E-state index contributed by atoms with van der Waals surface area (Å²) in [5, 5.41) is 6.19. The number of likely N-dealkylation sites (tertiary alicyclic amines) is 1. The van der Waals surface area contributed by atoms with Crippen LogP contribution in [0.25, 0.3) is 10.8 Å². The molecule has 0 bridgehead atoms. The van der Waals surface area contributed by atoms with Crippen molar-refractivity contribution in [2.75, 3.05) is 20.2 Å². The molecule has 0 unspecified atom stereocenters. The Kier molecular flexibility index (Phi) is 4.00. The third kappa shape index (κ3) is 2.84. The maximum Gasteiger partial charge on any atom is 0.438 e. The van der Waals surface area contributed by atoms with Crippen LogP contribution in [0.1, 0.15) is 12.8 Å². The standard InChI is InChI=1S/C13H17N3O3S/c1-18-10-4-6-15(7-5-10)9-16-13(17)19-12(14-16)11-3-2-8-20-11/h2-3,8,10H,4-7,9H2,1H3. The molecule has 0 N–H and O–H groups in total. The minimum atomic E-state index is -0.401. The van der Waals surface area contributed by atoms with Crippen LogP contribution >= 0.6 is 11.3 Å². The molecule has 2 aromatic heterocycles. The van der Waals surface area contributed by atoms with Crippen LogP contribution in [0.3, 0.4) is 0 Å². The number of thiophene rings is 1. The van der Waals surface area contributed by atoms with Gasteiger partial charge in [-0.15, -0.1) is 16.4 Å². The summed E-state index contributed by atoms with van der Waals surface area (Å²) in [5.74, 6) is -0.000887. The number of hydrogen-bond acceptors (Lipinski definition) is 6. The zero-order valence-corrected chi connectivity index (χ0v) is 12.1. The van der Waals surface area contributed by atoms with Crippen LogP contribution in [-0.4, -0.2) is 41.0 Å². The SMILES string of the molecule is COC1CCN(Cn2nc(-c3cccs3)oc2=O)CC1. The van der Waals surface area contributed by atoms with Gasteiger partial charge in [0.1, 0.15) is 6.67 Å². The zero-order chi connectivity index (χ0) is 13.9. The molecule has 0 amide bonds. The Morgan fingerprint density at radius 2 is 2.30 bits per heavy atom. The van der Waals surface area contributed by atoms with E-state index in [1.807, 2.05) is 17.5 Å². The fourth-order valence-electron chi connectivity index (χ4n) is 2.37. The van der Waals surface area contributed by atoms with E-state index in [0.717, 1.165) is 30.8 Å². The summed E-state index contributed by atoms with van der Waals surface area (Å²) in [4.78, 5) is 14.9. The quantitative estimate of drug-likeness (QED) is 0.858. The summed E-state index contributed by atoms with van der Waals surface area (Å²) in [6.07, 6.45) is 2.31. The third-order valence-corrected chi connectivity index (χ3v) is 4.40. The minimum Gasteiger partial charge on any atom is -0.387 e. The van der Waals surface area contributed by atoms with Crippen LogP contribution < -0.4 is 5.76 Å². The van der Waals surface area contributed by atoms with E-state index in [-0.39, 0.29) is 0 Å². The molecule has 1 aliphatic heterocycles. The van der Waals surface area contributed by atoms with E-state index in [2.05, 4.69) is 10.00 Å². The van der Waals surface area contributed by atoms with Crippen LogP contribution in [0.4, 0.5) is 0 Å². The molecular weight excluding hydrogens is 278 g/mol. The van der Waals surface area contributed by atoms with Gasteiger partial charge in [-0.05, 0) is 24.3 Å². The smallest absolute Gasteiger partial charge is 0.387 e. The summed E-state index contributed by atoms with van der Waals surface area (Å²) in [6, 6.07) is 3.80. The highest BCUT2D eigenvalue weighted by atomic mass is 32.1. The van der Waals surface area contributed by atoms with Crippen LogP contribution in [0.2, 0.25) is 0 Å². The highest BCUT2D eigenvalue weighted by Crippen LogP contribution is 2.21. The van der Waals surface area contributed by atoms with Crippen LogP contribution in [0, 0.1) is 0 Å². The van der Waals surface area contributed by atoms with Gasteiger partial charge < -0.3 is 9.15 Å². The Morgan fingerprint density at radius 3 is 2.95 bits per heavy atom. The highest BCUT2D eigenvalue weighted by molar-refractivity contribution is 7.13. The van der Waals surface area contributed by atoms with Gasteiger partial charge in [-0.1, -0.05) is 6.07 Å². The topological polar surface area (TPSA) is 60.5 Å². The van der Waals surface area contributed by atoms with E-state index in [4.69, 9.17) is 9.15 Å². The lowest BCUT2D eigenvalue weighted by molar-refractivity contribution is 0.0296. The number of piperidine rings is 1. The van der Waals surface area contributed by atoms with Crippen molar-refractivity contribution in [2.24, 2.45) is 0 Å². The normalized spacial score (nSPS) is 17.6. The Balaban J connectivity index is 1.68. The lowest BCUT2D eigenvalue weighted by Crippen LogP contribution is -2.39. The summed E-state index contributed by atoms with van der Waals surface area (Å²) in [7, 11) is 1.75. The number of ether oxygens (including phenoxy) is 1. The van der Waals surface area contributed by atoms with Gasteiger partial charge in [0, 0.05) is 20.2 Å². The van der Waals surface area contributed by atoms with Crippen molar-refractivity contribution < 1.29 is 9.15 Å². The first-order valence-electron chi connectivity index (χ1n) is 6.63. The van der Waals surface area contributed by atoms with E-state index in [9.17, 15) is 4.79 Å². The molecule has 20 heavy (non-hydrogen) atoms. The second-order valence-electron chi connectivity index (χ2n) is 4.84. The Bertz CT molecular complexity index is 597. The van der Waals surface area contributed by atoms with Gasteiger partial charge in [0.15, 0.2) is 0 Å². The minimum absolute atomic E-state index is 0.335. The molecule has 108 valence electrons. The Labute approximate surface area is 120 Å². The molecule has 1 saturated heterocycles. The highest BCUT2D eigenvalue weighted by Gasteiger charge is 2.20. The summed E-state index contributed by atoms with van der Waals surface area (Å²) in [5.41, 5.74) is 0. The van der Waals surface area contributed by atoms with Crippen molar-refractivity contribution in [3.8, 4) is 10.8 Å². The van der Waals surface area contributed by atoms with E-state index in [0.29, 0.717) is 18.7 Å². The molecule has 0 spiro atoms. The maximum atomic E-state index is 11.8. The largest absolute Gasteiger partial charge is 0.438 e. The number of aromatic nitrogens is 2. The summed E-state index contributed by atoms with van der Waals surface area (Å²) >= 11 is 1.51. The predicted octanol–water partition coefficient (Wildman–Crippen LogP) is 1.63. The second-order valence-corrected chi connectivity index (χ2v) is 5.79. The molecule has 0 saturated carbocycles. The molecule has 0 radical (unpaired) electrons. The molecule has 1 fully saturated rings. The van der Waals surface area contributed by atoms with E-state index in [1.165, 1.54) is 16.0 Å². The van der Waals surface area contributed by atoms with Gasteiger partial charge in [0.05, 0.1) is 11.0 Å². The van der Waals surface area contributed by atoms with Crippen LogP contribution in [0.5, 0.6) is 0 Å². The molecule has 3 heterocycles.